The third-order valence-corrected chi connectivity index (χ3v) is 7.00. The monoisotopic (exact) mass is 555 g/mol. The van der Waals surface area contributed by atoms with Gasteiger partial charge < -0.3 is 4.74 Å². The maximum absolute atomic E-state index is 13.3. The Morgan fingerprint density at radius 2 is 1.83 bits per heavy atom. The van der Waals surface area contributed by atoms with Gasteiger partial charge in [0, 0.05) is 29.2 Å². The second-order valence-corrected chi connectivity index (χ2v) is 10.1. The number of rotatable bonds is 6. The van der Waals surface area contributed by atoms with Crippen LogP contribution in [0.1, 0.15) is 16.1 Å². The molecule has 5 aromatic heterocycles. The van der Waals surface area contributed by atoms with Gasteiger partial charge in [-0.05, 0) is 43.0 Å². The minimum absolute atomic E-state index is 0.275. The molecule has 0 aliphatic rings. The summed E-state index contributed by atoms with van der Waals surface area (Å²) in [5.74, 6) is 0.0825. The van der Waals surface area contributed by atoms with Crippen molar-refractivity contribution in [2.24, 2.45) is 0 Å². The number of carbonyl (C=O) groups excluding carboxylic acids is 1. The zero-order valence-corrected chi connectivity index (χ0v) is 21.8. The Bertz CT molecular complexity index is 1600. The van der Waals surface area contributed by atoms with Gasteiger partial charge in [0.05, 0.1) is 30.1 Å². The SMILES string of the molecule is COc1cnc(Cl)cc1-c1cc(C)ncc1C(=O)Nc1nc2ncc(Sc3ccc(Cl)cn3)nc2s1. The highest BCUT2D eigenvalue weighted by Gasteiger charge is 2.20. The lowest BCUT2D eigenvalue weighted by Crippen LogP contribution is -2.14. The number of thiazole rings is 1. The van der Waals surface area contributed by atoms with Crippen molar-refractivity contribution in [1.82, 2.24) is 29.9 Å². The molecule has 180 valence electrons. The van der Waals surface area contributed by atoms with Crippen molar-refractivity contribution < 1.29 is 9.53 Å². The molecule has 0 aliphatic carbocycles. The molecule has 5 aromatic rings. The molecule has 0 aromatic carbocycles. The summed E-state index contributed by atoms with van der Waals surface area (Å²) < 4.78 is 5.43. The molecule has 13 heteroatoms. The fourth-order valence-corrected chi connectivity index (χ4v) is 5.08. The lowest BCUT2D eigenvalue weighted by molar-refractivity contribution is 0.102. The predicted octanol–water partition coefficient (Wildman–Crippen LogP) is 5.97. The van der Waals surface area contributed by atoms with Crippen molar-refractivity contribution in [3.8, 4) is 16.9 Å². The Morgan fingerprint density at radius 1 is 0.972 bits per heavy atom. The van der Waals surface area contributed by atoms with Crippen LogP contribution in [-0.4, -0.2) is 42.9 Å². The molecule has 1 N–H and O–H groups in total. The number of methoxy groups -OCH3 is 1. The third kappa shape index (κ3) is 5.24. The molecule has 0 aliphatic heterocycles. The Morgan fingerprint density at radius 3 is 2.61 bits per heavy atom. The fourth-order valence-electron chi connectivity index (χ4n) is 3.26. The highest BCUT2D eigenvalue weighted by molar-refractivity contribution is 7.99. The number of anilines is 1. The van der Waals surface area contributed by atoms with Gasteiger partial charge in [0.2, 0.25) is 0 Å². The van der Waals surface area contributed by atoms with E-state index >= 15 is 0 Å². The van der Waals surface area contributed by atoms with Crippen LogP contribution in [-0.2, 0) is 0 Å². The molecule has 36 heavy (non-hydrogen) atoms. The van der Waals surface area contributed by atoms with Crippen molar-refractivity contribution in [3.05, 3.63) is 70.5 Å². The van der Waals surface area contributed by atoms with E-state index < -0.39 is 5.91 Å². The lowest BCUT2D eigenvalue weighted by Gasteiger charge is -2.13. The van der Waals surface area contributed by atoms with E-state index in [4.69, 9.17) is 27.9 Å². The molecule has 0 unspecified atom stereocenters. The normalized spacial score (nSPS) is 11.0. The summed E-state index contributed by atoms with van der Waals surface area (Å²) in [6.07, 6.45) is 6.19. The summed E-state index contributed by atoms with van der Waals surface area (Å²) >= 11 is 14.6. The Kier molecular flexibility index (Phi) is 6.97. The predicted molar refractivity (Wildman–Crippen MR) is 140 cm³/mol. The zero-order valence-electron chi connectivity index (χ0n) is 18.7. The summed E-state index contributed by atoms with van der Waals surface area (Å²) in [4.78, 5) is 39.8. The van der Waals surface area contributed by atoms with Crippen molar-refractivity contribution in [3.63, 3.8) is 0 Å². The van der Waals surface area contributed by atoms with E-state index in [-0.39, 0.29) is 5.15 Å². The number of nitrogens with one attached hydrogen (secondary N) is 1. The van der Waals surface area contributed by atoms with Crippen LogP contribution in [0.5, 0.6) is 5.75 Å². The van der Waals surface area contributed by atoms with Crippen LogP contribution in [0.4, 0.5) is 5.13 Å². The number of aromatic nitrogens is 6. The molecule has 0 radical (unpaired) electrons. The Hall–Kier alpha value is -3.38. The number of ether oxygens (including phenoxy) is 1. The van der Waals surface area contributed by atoms with Gasteiger partial charge in [0.15, 0.2) is 15.6 Å². The summed E-state index contributed by atoms with van der Waals surface area (Å²) in [7, 11) is 1.53. The van der Waals surface area contributed by atoms with E-state index in [0.717, 1.165) is 10.7 Å². The van der Waals surface area contributed by atoms with Crippen LogP contribution < -0.4 is 10.1 Å². The summed E-state index contributed by atoms with van der Waals surface area (Å²) in [6, 6.07) is 6.99. The first-order valence-electron chi connectivity index (χ1n) is 10.3. The van der Waals surface area contributed by atoms with Gasteiger partial charge in [0.1, 0.15) is 21.0 Å². The number of halogens is 2. The highest BCUT2D eigenvalue weighted by atomic mass is 35.5. The molecule has 9 nitrogen and oxygen atoms in total. The van der Waals surface area contributed by atoms with Crippen LogP contribution in [0.25, 0.3) is 21.6 Å². The van der Waals surface area contributed by atoms with Gasteiger partial charge in [0.25, 0.3) is 5.91 Å². The topological polar surface area (TPSA) is 116 Å². The molecular formula is C23H15Cl2N7O2S2. The molecular weight excluding hydrogens is 541 g/mol. The molecule has 0 saturated carbocycles. The van der Waals surface area contributed by atoms with Crippen LogP contribution in [0.15, 0.2) is 59.1 Å². The minimum atomic E-state index is -0.397. The number of fused-ring (bicyclic) bond motifs is 1. The van der Waals surface area contributed by atoms with E-state index in [2.05, 4.69) is 35.2 Å². The van der Waals surface area contributed by atoms with Crippen LogP contribution in [0.3, 0.4) is 0 Å². The molecule has 0 saturated heterocycles. The number of hydrogen-bond acceptors (Lipinski definition) is 10. The van der Waals surface area contributed by atoms with Crippen molar-refractivity contribution in [1.29, 1.82) is 0 Å². The number of carbonyl (C=O) groups is 1. The Labute approximate surface area is 223 Å². The highest BCUT2D eigenvalue weighted by Crippen LogP contribution is 2.35. The smallest absolute Gasteiger partial charge is 0.259 e. The second kappa shape index (κ2) is 10.3. The van der Waals surface area contributed by atoms with E-state index in [9.17, 15) is 4.79 Å². The van der Waals surface area contributed by atoms with Crippen molar-refractivity contribution in [2.45, 2.75) is 17.0 Å². The molecule has 1 amide bonds. The van der Waals surface area contributed by atoms with Gasteiger partial charge >= 0.3 is 0 Å². The maximum atomic E-state index is 13.3. The molecule has 5 rings (SSSR count). The van der Waals surface area contributed by atoms with E-state index in [1.165, 1.54) is 42.6 Å². The standard InChI is InChI=1S/C23H15Cl2N7O2S2/c1-11-5-13(14-6-17(25)27-9-16(14)34-2)15(8-26-11)21(33)32-23-31-20-22(36-23)30-19(10-29-20)35-18-4-3-12(24)7-28-18/h3-10H,1-2H3,(H,29,31,32,33). The number of pyridine rings is 3. The molecule has 0 spiro atoms. The minimum Gasteiger partial charge on any atom is -0.494 e. The molecule has 0 fully saturated rings. The third-order valence-electron chi connectivity index (χ3n) is 4.86. The molecule has 0 bridgehead atoms. The van der Waals surface area contributed by atoms with Crippen LogP contribution >= 0.6 is 46.3 Å². The first-order chi connectivity index (χ1) is 17.4. The number of nitrogens with zero attached hydrogens (tertiary/aromatic N) is 6. The van der Waals surface area contributed by atoms with Gasteiger partial charge in [-0.15, -0.1) is 0 Å². The van der Waals surface area contributed by atoms with E-state index in [1.54, 1.807) is 36.7 Å². The molecule has 0 atom stereocenters. The van der Waals surface area contributed by atoms with Crippen molar-refractivity contribution in [2.75, 3.05) is 12.4 Å². The van der Waals surface area contributed by atoms with Gasteiger partial charge in [-0.25, -0.2) is 19.9 Å². The average molecular weight is 556 g/mol. The quantitative estimate of drug-likeness (QED) is 0.253. The molecule has 5 heterocycles. The first-order valence-corrected chi connectivity index (χ1v) is 12.7. The summed E-state index contributed by atoms with van der Waals surface area (Å²) in [6.45, 7) is 1.83. The average Bonchev–Trinajstić information content (AvgIpc) is 3.26. The maximum Gasteiger partial charge on any atom is 0.259 e. The summed E-state index contributed by atoms with van der Waals surface area (Å²) in [5, 5.41) is 5.39. The van der Waals surface area contributed by atoms with Crippen molar-refractivity contribution >= 4 is 67.8 Å². The van der Waals surface area contributed by atoms with Gasteiger partial charge in [-0.2, -0.15) is 4.98 Å². The second-order valence-electron chi connectivity index (χ2n) is 7.31. The number of hydrogen-bond donors (Lipinski definition) is 1. The van der Waals surface area contributed by atoms with Gasteiger partial charge in [-0.3, -0.25) is 15.1 Å². The van der Waals surface area contributed by atoms with Gasteiger partial charge in [-0.1, -0.05) is 34.5 Å². The largest absolute Gasteiger partial charge is 0.494 e. The zero-order chi connectivity index (χ0) is 25.2. The fraction of sp³-hybridized carbons (Fsp3) is 0.0870. The summed E-state index contributed by atoms with van der Waals surface area (Å²) in [5.41, 5.74) is 2.70. The van der Waals surface area contributed by atoms with Crippen LogP contribution in [0, 0.1) is 6.92 Å². The van der Waals surface area contributed by atoms with Crippen LogP contribution in [0.2, 0.25) is 10.2 Å². The number of amides is 1. The number of aryl methyl sites for hydroxylation is 1. The first kappa shape index (κ1) is 24.3. The lowest BCUT2D eigenvalue weighted by atomic mass is 10.0. The van der Waals surface area contributed by atoms with E-state index in [1.807, 2.05) is 6.92 Å². The van der Waals surface area contributed by atoms with E-state index in [0.29, 0.717) is 48.1 Å². The Balaban J connectivity index is 1.43.